The molecular formula is C23H32O. The van der Waals surface area contributed by atoms with Crippen molar-refractivity contribution >= 4 is 5.57 Å². The first kappa shape index (κ1) is 18.6. The molecule has 2 rings (SSSR count). The SMILES string of the molecule is C=C(OC)/C(C)=C(/CC(=C)c1cccc(C(C)(C)C)c1)C1CCC1. The standard InChI is InChI=1S/C23H32O/c1-16(20-12-9-13-21(15-20)23(4,5)6)14-22(19-10-8-11-19)17(2)18(3)24-7/h9,12-13,15,19H,1,3,8,10-11,14H2,2,4-7H3/b22-17-. The van der Waals surface area contributed by atoms with Crippen molar-refractivity contribution in [3.63, 3.8) is 0 Å². The second kappa shape index (κ2) is 7.42. The Morgan fingerprint density at radius 1 is 1.21 bits per heavy atom. The third-order valence-corrected chi connectivity index (χ3v) is 5.28. The quantitative estimate of drug-likeness (QED) is 0.420. The number of allylic oxidation sites excluding steroid dienone is 3. The van der Waals surface area contributed by atoms with Crippen molar-refractivity contribution in [1.82, 2.24) is 0 Å². The van der Waals surface area contributed by atoms with Crippen molar-refractivity contribution in [3.8, 4) is 0 Å². The monoisotopic (exact) mass is 324 g/mol. The van der Waals surface area contributed by atoms with Crippen LogP contribution in [0.1, 0.15) is 64.5 Å². The minimum absolute atomic E-state index is 0.156. The van der Waals surface area contributed by atoms with E-state index in [0.717, 1.165) is 12.2 Å². The zero-order chi connectivity index (χ0) is 17.9. The van der Waals surface area contributed by atoms with Crippen molar-refractivity contribution in [2.45, 2.75) is 58.8 Å². The number of methoxy groups -OCH3 is 1. The molecule has 0 spiro atoms. The fourth-order valence-corrected chi connectivity index (χ4v) is 3.21. The molecule has 0 amide bonds. The smallest absolute Gasteiger partial charge is 0.114 e. The molecular weight excluding hydrogens is 292 g/mol. The van der Waals surface area contributed by atoms with E-state index in [2.05, 4.69) is 65.1 Å². The summed E-state index contributed by atoms with van der Waals surface area (Å²) in [7, 11) is 1.70. The molecule has 0 bridgehead atoms. The molecule has 0 radical (unpaired) electrons. The molecule has 1 fully saturated rings. The Bertz CT molecular complexity index is 651. The van der Waals surface area contributed by atoms with Gasteiger partial charge in [-0.1, -0.05) is 70.2 Å². The molecule has 0 aliphatic heterocycles. The van der Waals surface area contributed by atoms with E-state index in [1.165, 1.54) is 47.1 Å². The van der Waals surface area contributed by atoms with Crippen molar-refractivity contribution in [1.29, 1.82) is 0 Å². The topological polar surface area (TPSA) is 9.23 Å². The first-order chi connectivity index (χ1) is 11.2. The van der Waals surface area contributed by atoms with Gasteiger partial charge in [-0.25, -0.2) is 0 Å². The average molecular weight is 325 g/mol. The molecule has 1 nitrogen and oxygen atoms in total. The maximum absolute atomic E-state index is 5.38. The van der Waals surface area contributed by atoms with Gasteiger partial charge in [0.15, 0.2) is 0 Å². The number of hydrogen-bond donors (Lipinski definition) is 0. The van der Waals surface area contributed by atoms with E-state index >= 15 is 0 Å². The lowest BCUT2D eigenvalue weighted by molar-refractivity contribution is 0.297. The summed E-state index contributed by atoms with van der Waals surface area (Å²) < 4.78 is 5.38. The van der Waals surface area contributed by atoms with Crippen LogP contribution in [0.15, 0.2) is 54.3 Å². The first-order valence-electron chi connectivity index (χ1n) is 8.95. The van der Waals surface area contributed by atoms with E-state index in [-0.39, 0.29) is 5.41 Å². The predicted octanol–water partition coefficient (Wildman–Crippen LogP) is 6.66. The van der Waals surface area contributed by atoms with Gasteiger partial charge in [-0.05, 0) is 59.8 Å². The third kappa shape index (κ3) is 4.20. The Morgan fingerprint density at radius 2 is 1.88 bits per heavy atom. The molecule has 1 heteroatoms. The highest BCUT2D eigenvalue weighted by Crippen LogP contribution is 2.40. The van der Waals surface area contributed by atoms with Gasteiger partial charge in [-0.15, -0.1) is 0 Å². The van der Waals surface area contributed by atoms with Gasteiger partial charge in [0.1, 0.15) is 5.76 Å². The van der Waals surface area contributed by atoms with E-state index in [1.54, 1.807) is 7.11 Å². The highest BCUT2D eigenvalue weighted by atomic mass is 16.5. The summed E-state index contributed by atoms with van der Waals surface area (Å²) in [4.78, 5) is 0. The number of benzene rings is 1. The second-order valence-corrected chi connectivity index (χ2v) is 8.02. The maximum Gasteiger partial charge on any atom is 0.114 e. The van der Waals surface area contributed by atoms with Crippen LogP contribution in [0.5, 0.6) is 0 Å². The van der Waals surface area contributed by atoms with Gasteiger partial charge in [0.05, 0.1) is 7.11 Å². The number of rotatable bonds is 6. The minimum Gasteiger partial charge on any atom is -0.497 e. The lowest BCUT2D eigenvalue weighted by Crippen LogP contribution is -2.16. The minimum atomic E-state index is 0.156. The van der Waals surface area contributed by atoms with E-state index in [9.17, 15) is 0 Å². The Labute approximate surface area is 148 Å². The van der Waals surface area contributed by atoms with Crippen LogP contribution in [0, 0.1) is 5.92 Å². The summed E-state index contributed by atoms with van der Waals surface area (Å²) in [5.41, 5.74) is 6.60. The largest absolute Gasteiger partial charge is 0.497 e. The van der Waals surface area contributed by atoms with Gasteiger partial charge in [-0.3, -0.25) is 0 Å². The first-order valence-corrected chi connectivity index (χ1v) is 8.95. The van der Waals surface area contributed by atoms with Gasteiger partial charge < -0.3 is 4.74 Å². The fourth-order valence-electron chi connectivity index (χ4n) is 3.21. The highest BCUT2D eigenvalue weighted by molar-refractivity contribution is 5.67. The average Bonchev–Trinajstić information content (AvgIpc) is 2.50. The lowest BCUT2D eigenvalue weighted by Gasteiger charge is -2.31. The number of hydrogen-bond acceptors (Lipinski definition) is 1. The van der Waals surface area contributed by atoms with Gasteiger partial charge in [0.2, 0.25) is 0 Å². The van der Waals surface area contributed by atoms with Crippen LogP contribution in [0.25, 0.3) is 5.57 Å². The molecule has 1 aromatic carbocycles. The third-order valence-electron chi connectivity index (χ3n) is 5.28. The van der Waals surface area contributed by atoms with Crippen molar-refractivity contribution in [2.24, 2.45) is 5.92 Å². The zero-order valence-corrected chi connectivity index (χ0v) is 16.0. The molecule has 130 valence electrons. The summed E-state index contributed by atoms with van der Waals surface area (Å²) in [6.45, 7) is 17.3. The van der Waals surface area contributed by atoms with Crippen LogP contribution in [-0.4, -0.2) is 7.11 Å². The molecule has 1 aromatic rings. The molecule has 1 aliphatic carbocycles. The van der Waals surface area contributed by atoms with Crippen LogP contribution >= 0.6 is 0 Å². The van der Waals surface area contributed by atoms with E-state index in [0.29, 0.717) is 5.92 Å². The van der Waals surface area contributed by atoms with E-state index < -0.39 is 0 Å². The van der Waals surface area contributed by atoms with Crippen molar-refractivity contribution in [3.05, 3.63) is 65.5 Å². The molecule has 24 heavy (non-hydrogen) atoms. The Balaban J connectivity index is 2.27. The summed E-state index contributed by atoms with van der Waals surface area (Å²) in [5.74, 6) is 1.45. The van der Waals surface area contributed by atoms with Crippen LogP contribution in [0.4, 0.5) is 0 Å². The molecule has 0 heterocycles. The summed E-state index contributed by atoms with van der Waals surface area (Å²) in [5, 5.41) is 0. The molecule has 0 unspecified atom stereocenters. The van der Waals surface area contributed by atoms with Gasteiger partial charge in [0, 0.05) is 0 Å². The second-order valence-electron chi connectivity index (χ2n) is 8.02. The van der Waals surface area contributed by atoms with E-state index in [4.69, 9.17) is 4.74 Å². The highest BCUT2D eigenvalue weighted by Gasteiger charge is 2.25. The fraction of sp³-hybridized carbons (Fsp3) is 0.478. The molecule has 0 atom stereocenters. The summed E-state index contributed by atoms with van der Waals surface area (Å²) in [6.07, 6.45) is 4.79. The number of ether oxygens (including phenoxy) is 1. The molecule has 0 aromatic heterocycles. The summed E-state index contributed by atoms with van der Waals surface area (Å²) in [6, 6.07) is 8.82. The van der Waals surface area contributed by atoms with Gasteiger partial charge in [-0.2, -0.15) is 0 Å². The van der Waals surface area contributed by atoms with Gasteiger partial charge >= 0.3 is 0 Å². The molecule has 1 saturated carbocycles. The van der Waals surface area contributed by atoms with E-state index in [1.807, 2.05) is 0 Å². The maximum atomic E-state index is 5.38. The van der Waals surface area contributed by atoms with Crippen LogP contribution < -0.4 is 0 Å². The molecule has 1 aliphatic rings. The van der Waals surface area contributed by atoms with Crippen molar-refractivity contribution in [2.75, 3.05) is 7.11 Å². The van der Waals surface area contributed by atoms with Crippen LogP contribution in [0.2, 0.25) is 0 Å². The lowest BCUT2D eigenvalue weighted by atomic mass is 9.75. The molecule has 0 N–H and O–H groups in total. The Hall–Kier alpha value is -1.76. The normalized spacial score (nSPS) is 16.2. The zero-order valence-electron chi connectivity index (χ0n) is 16.0. The van der Waals surface area contributed by atoms with Gasteiger partial charge in [0.25, 0.3) is 0 Å². The predicted molar refractivity (Wildman–Crippen MR) is 105 cm³/mol. The Kier molecular flexibility index (Phi) is 5.74. The van der Waals surface area contributed by atoms with Crippen LogP contribution in [0.3, 0.4) is 0 Å². The molecule has 0 saturated heterocycles. The Morgan fingerprint density at radius 3 is 2.38 bits per heavy atom. The summed E-state index contributed by atoms with van der Waals surface area (Å²) >= 11 is 0. The van der Waals surface area contributed by atoms with Crippen LogP contribution in [-0.2, 0) is 10.2 Å². The van der Waals surface area contributed by atoms with Crippen molar-refractivity contribution < 1.29 is 4.74 Å².